The molecule has 0 aliphatic rings. The first kappa shape index (κ1) is 16.7. The number of nitrogens with zero attached hydrogens (tertiary/aromatic N) is 1. The van der Waals surface area contributed by atoms with E-state index in [1.54, 1.807) is 0 Å². The fraction of sp³-hybridized carbons (Fsp3) is 0.588. The molecule has 3 nitrogen and oxygen atoms in total. The zero-order valence-electron chi connectivity index (χ0n) is 13.0. The van der Waals surface area contributed by atoms with Crippen LogP contribution in [0.1, 0.15) is 58.1 Å². The van der Waals surface area contributed by atoms with Crippen molar-refractivity contribution in [1.29, 1.82) is 0 Å². The maximum Gasteiger partial charge on any atom is 0.224 e. The fourth-order valence-electron chi connectivity index (χ4n) is 2.26. The molecule has 0 aliphatic heterocycles. The standard InChI is InChI=1S/C17H28N2O/c1-4-6-12-19(14(3)5-2)17(20)13-16(18)15-10-8-7-9-11-15/h7-11,14,16H,4-6,12-13,18H2,1-3H3. The molecule has 0 heterocycles. The number of unbranched alkanes of at least 4 members (excludes halogenated alkanes) is 1. The summed E-state index contributed by atoms with van der Waals surface area (Å²) < 4.78 is 0. The van der Waals surface area contributed by atoms with Crippen molar-refractivity contribution in [1.82, 2.24) is 4.90 Å². The molecule has 1 rings (SSSR count). The second-order valence-corrected chi connectivity index (χ2v) is 5.42. The van der Waals surface area contributed by atoms with Gasteiger partial charge in [0, 0.05) is 25.0 Å². The summed E-state index contributed by atoms with van der Waals surface area (Å²) in [6.07, 6.45) is 3.52. The molecule has 1 amide bonds. The zero-order chi connectivity index (χ0) is 15.0. The zero-order valence-corrected chi connectivity index (χ0v) is 13.0. The van der Waals surface area contributed by atoms with Crippen LogP contribution in [0.25, 0.3) is 0 Å². The molecule has 3 heteroatoms. The lowest BCUT2D eigenvalue weighted by molar-refractivity contribution is -0.133. The molecule has 0 saturated carbocycles. The van der Waals surface area contributed by atoms with Crippen molar-refractivity contribution < 1.29 is 4.79 Å². The van der Waals surface area contributed by atoms with Gasteiger partial charge in [-0.2, -0.15) is 0 Å². The molecule has 112 valence electrons. The highest BCUT2D eigenvalue weighted by atomic mass is 16.2. The third-order valence-corrected chi connectivity index (χ3v) is 3.82. The number of rotatable bonds is 8. The summed E-state index contributed by atoms with van der Waals surface area (Å²) in [5.41, 5.74) is 7.18. The number of benzene rings is 1. The second-order valence-electron chi connectivity index (χ2n) is 5.42. The molecule has 2 N–H and O–H groups in total. The SMILES string of the molecule is CCCCN(C(=O)CC(N)c1ccccc1)C(C)CC. The van der Waals surface area contributed by atoms with Crippen molar-refractivity contribution in [3.8, 4) is 0 Å². The topological polar surface area (TPSA) is 46.3 Å². The Kier molecular flexibility index (Phi) is 7.31. The minimum atomic E-state index is -0.211. The van der Waals surface area contributed by atoms with Crippen LogP contribution in [0.4, 0.5) is 0 Å². The predicted octanol–water partition coefficient (Wildman–Crippen LogP) is 3.50. The number of carbonyl (C=O) groups is 1. The molecule has 20 heavy (non-hydrogen) atoms. The Morgan fingerprint density at radius 1 is 1.25 bits per heavy atom. The molecule has 0 spiro atoms. The molecule has 0 aliphatic carbocycles. The van der Waals surface area contributed by atoms with Crippen molar-refractivity contribution in [2.75, 3.05) is 6.54 Å². The lowest BCUT2D eigenvalue weighted by atomic mass is 10.0. The van der Waals surface area contributed by atoms with E-state index < -0.39 is 0 Å². The average molecular weight is 276 g/mol. The van der Waals surface area contributed by atoms with Crippen LogP contribution in [-0.2, 0) is 4.79 Å². The Morgan fingerprint density at radius 3 is 2.45 bits per heavy atom. The van der Waals surface area contributed by atoms with E-state index in [0.29, 0.717) is 6.42 Å². The monoisotopic (exact) mass is 276 g/mol. The summed E-state index contributed by atoms with van der Waals surface area (Å²) in [6.45, 7) is 7.22. The molecule has 1 aromatic carbocycles. The fourth-order valence-corrected chi connectivity index (χ4v) is 2.26. The van der Waals surface area contributed by atoms with Crippen LogP contribution >= 0.6 is 0 Å². The van der Waals surface area contributed by atoms with Crippen molar-refractivity contribution in [3.63, 3.8) is 0 Å². The minimum Gasteiger partial charge on any atom is -0.340 e. The van der Waals surface area contributed by atoms with Gasteiger partial charge in [-0.05, 0) is 25.3 Å². The Bertz CT molecular complexity index is 391. The van der Waals surface area contributed by atoms with Gasteiger partial charge in [-0.1, -0.05) is 50.6 Å². The summed E-state index contributed by atoms with van der Waals surface area (Å²) in [7, 11) is 0. The van der Waals surface area contributed by atoms with E-state index in [0.717, 1.165) is 31.4 Å². The summed E-state index contributed by atoms with van der Waals surface area (Å²) >= 11 is 0. The average Bonchev–Trinajstić information content (AvgIpc) is 2.48. The molecule has 0 radical (unpaired) electrons. The van der Waals surface area contributed by atoms with Gasteiger partial charge in [0.05, 0.1) is 0 Å². The first-order valence-electron chi connectivity index (χ1n) is 7.70. The first-order chi connectivity index (χ1) is 9.60. The van der Waals surface area contributed by atoms with E-state index in [4.69, 9.17) is 5.73 Å². The molecule has 2 unspecified atom stereocenters. The van der Waals surface area contributed by atoms with Gasteiger partial charge in [-0.25, -0.2) is 0 Å². The Labute approximate surface area is 123 Å². The van der Waals surface area contributed by atoms with Gasteiger partial charge in [0.15, 0.2) is 0 Å². The maximum absolute atomic E-state index is 12.5. The van der Waals surface area contributed by atoms with E-state index in [1.807, 2.05) is 35.2 Å². The second kappa shape index (κ2) is 8.75. The number of amides is 1. The van der Waals surface area contributed by atoms with Gasteiger partial charge < -0.3 is 10.6 Å². The van der Waals surface area contributed by atoms with E-state index in [9.17, 15) is 4.79 Å². The number of nitrogens with two attached hydrogens (primary N) is 1. The largest absolute Gasteiger partial charge is 0.340 e. The molecule has 0 saturated heterocycles. The highest BCUT2D eigenvalue weighted by Gasteiger charge is 2.21. The van der Waals surface area contributed by atoms with Gasteiger partial charge in [0.2, 0.25) is 5.91 Å². The van der Waals surface area contributed by atoms with Crippen molar-refractivity contribution in [2.24, 2.45) is 5.73 Å². The predicted molar refractivity (Wildman–Crippen MR) is 84.4 cm³/mol. The van der Waals surface area contributed by atoms with Gasteiger partial charge in [-0.15, -0.1) is 0 Å². The van der Waals surface area contributed by atoms with Crippen LogP contribution in [-0.4, -0.2) is 23.4 Å². The van der Waals surface area contributed by atoms with Crippen molar-refractivity contribution >= 4 is 5.91 Å². The molecule has 0 aromatic heterocycles. The van der Waals surface area contributed by atoms with Gasteiger partial charge in [0.25, 0.3) is 0 Å². The molecule has 1 aromatic rings. The Balaban J connectivity index is 2.65. The molecular formula is C17H28N2O. The van der Waals surface area contributed by atoms with Crippen molar-refractivity contribution in [3.05, 3.63) is 35.9 Å². The number of hydrogen-bond donors (Lipinski definition) is 1. The summed E-state index contributed by atoms with van der Waals surface area (Å²) in [4.78, 5) is 14.5. The van der Waals surface area contributed by atoms with Gasteiger partial charge in [-0.3, -0.25) is 4.79 Å². The normalized spacial score (nSPS) is 13.8. The third-order valence-electron chi connectivity index (χ3n) is 3.82. The maximum atomic E-state index is 12.5. The highest BCUT2D eigenvalue weighted by Crippen LogP contribution is 2.17. The van der Waals surface area contributed by atoms with E-state index in [-0.39, 0.29) is 18.0 Å². The summed E-state index contributed by atoms with van der Waals surface area (Å²) in [5, 5.41) is 0. The molecular weight excluding hydrogens is 248 g/mol. The van der Waals surface area contributed by atoms with E-state index in [2.05, 4.69) is 20.8 Å². The van der Waals surface area contributed by atoms with Crippen molar-refractivity contribution in [2.45, 2.75) is 58.5 Å². The van der Waals surface area contributed by atoms with E-state index >= 15 is 0 Å². The molecule has 2 atom stereocenters. The van der Waals surface area contributed by atoms with Gasteiger partial charge >= 0.3 is 0 Å². The molecule has 0 fully saturated rings. The third kappa shape index (κ3) is 4.97. The number of carbonyl (C=O) groups excluding carboxylic acids is 1. The van der Waals surface area contributed by atoms with Crippen LogP contribution in [0.15, 0.2) is 30.3 Å². The quantitative estimate of drug-likeness (QED) is 0.790. The molecule has 0 bridgehead atoms. The van der Waals surface area contributed by atoms with Crippen LogP contribution in [0.5, 0.6) is 0 Å². The minimum absolute atomic E-state index is 0.171. The Hall–Kier alpha value is -1.35. The van der Waals surface area contributed by atoms with Crippen LogP contribution in [0.3, 0.4) is 0 Å². The lowest BCUT2D eigenvalue weighted by Gasteiger charge is -2.29. The van der Waals surface area contributed by atoms with Crippen LogP contribution < -0.4 is 5.73 Å². The van der Waals surface area contributed by atoms with Gasteiger partial charge in [0.1, 0.15) is 0 Å². The van der Waals surface area contributed by atoms with E-state index in [1.165, 1.54) is 0 Å². The van der Waals surface area contributed by atoms with Crippen LogP contribution in [0.2, 0.25) is 0 Å². The first-order valence-corrected chi connectivity index (χ1v) is 7.70. The summed E-state index contributed by atoms with van der Waals surface area (Å²) in [5.74, 6) is 0.171. The lowest BCUT2D eigenvalue weighted by Crippen LogP contribution is -2.40. The number of hydrogen-bond acceptors (Lipinski definition) is 2. The smallest absolute Gasteiger partial charge is 0.224 e. The Morgan fingerprint density at radius 2 is 1.90 bits per heavy atom. The summed E-state index contributed by atoms with van der Waals surface area (Å²) in [6, 6.07) is 9.93. The van der Waals surface area contributed by atoms with Crippen LogP contribution in [0, 0.1) is 0 Å². The highest BCUT2D eigenvalue weighted by molar-refractivity contribution is 5.77.